The minimum absolute atomic E-state index is 0. The van der Waals surface area contributed by atoms with Gasteiger partial charge in [-0.05, 0) is 14.1 Å². The molecule has 0 aromatic carbocycles. The molecule has 0 amide bonds. The minimum atomic E-state index is 0. The smallest absolute Gasteiger partial charge is 0.216 e. The van der Waals surface area contributed by atoms with Gasteiger partial charge in [0.2, 0.25) is 6.85 Å². The molecule has 0 aliphatic rings. The topological polar surface area (TPSA) is 3.24 Å². The van der Waals surface area contributed by atoms with Gasteiger partial charge in [0.05, 0.1) is 0 Å². The Bertz CT molecular complexity index is 91.3. The summed E-state index contributed by atoms with van der Waals surface area (Å²) in [4.78, 5) is 2.17. The average molecular weight is 781 g/mol. The van der Waals surface area contributed by atoms with E-state index in [2.05, 4.69) is 87.9 Å². The fourth-order valence-electron chi connectivity index (χ4n) is 0. The Hall–Kier alpha value is 12.6. The van der Waals surface area contributed by atoms with Crippen LogP contribution in [0.15, 0.2) is 0 Å². The predicted octanol–water partition coefficient (Wildman–Crippen LogP) is 10.6. The monoisotopic (exact) mass is 781 g/mol. The fourth-order valence-corrected chi connectivity index (χ4v) is 0. The van der Waals surface area contributed by atoms with Gasteiger partial charge >= 0.3 is 0 Å². The van der Waals surface area contributed by atoms with Gasteiger partial charge in [-0.1, -0.05) is 150 Å². The van der Waals surface area contributed by atoms with Gasteiger partial charge in [-0.3, -0.25) is 0 Å². The molecule has 0 atom stereocenters. The maximum Gasteiger partial charge on any atom is 0.216 e. The molecule has 252 valence electrons. The van der Waals surface area contributed by atoms with Crippen LogP contribution in [0.3, 0.4) is 0 Å². The molecule has 0 rings (SSSR count). The molecule has 0 saturated carbocycles. The summed E-state index contributed by atoms with van der Waals surface area (Å²) in [6.07, 6.45) is 5.00. The van der Waals surface area contributed by atoms with Gasteiger partial charge in [-0.25, -0.2) is 0 Å². The zero-order valence-corrected chi connectivity index (χ0v) is 34.5. The summed E-state index contributed by atoms with van der Waals surface area (Å²) in [6, 6.07) is 0. The van der Waals surface area contributed by atoms with Crippen molar-refractivity contribution in [1.29, 1.82) is 0 Å². The third-order valence-corrected chi connectivity index (χ3v) is 1.03. The van der Waals surface area contributed by atoms with Crippen molar-refractivity contribution in [2.24, 2.45) is 0 Å². The molecule has 0 spiro atoms. The van der Waals surface area contributed by atoms with Gasteiger partial charge in [0.25, 0.3) is 0 Å². The fraction of sp³-hybridized carbons (Fsp3) is 1.00. The Morgan fingerprint density at radius 3 is 0.361 bits per heavy atom. The van der Waals surface area contributed by atoms with Crippen molar-refractivity contribution in [3.8, 4) is 0 Å². The third kappa shape index (κ3) is 351. The Kier molecular flexibility index (Phi) is 706. The normalized spacial score (nSPS) is 4.25. The largest absolute Gasteiger partial charge is 0.348 e. The van der Waals surface area contributed by atoms with Gasteiger partial charge in [-0.15, -0.1) is 0 Å². The standard InChI is InChI=1S/C4H12BN.4C3H8.4C2H6.10Ar/c1-5(2)6(3)4;4*1-3-2;4*1-2;;;;;;;;;;/h1-4H3;4*3H2,1-2H3;4*1-2H3;;;;;;;;;;. The van der Waals surface area contributed by atoms with Crippen LogP contribution >= 0.6 is 0 Å². The Morgan fingerprint density at radius 1 is 0.333 bits per heavy atom. The van der Waals surface area contributed by atoms with Crippen molar-refractivity contribution >= 4 is 6.85 Å². The summed E-state index contributed by atoms with van der Waals surface area (Å²) in [5, 5.41) is 0. The predicted molar refractivity (Wildman–Crippen MR) is 140 cm³/mol. The van der Waals surface area contributed by atoms with Crippen LogP contribution in [0.25, 0.3) is 0 Å². The van der Waals surface area contributed by atoms with E-state index in [1.54, 1.807) is 0 Å². The Balaban J connectivity index is -0.00000000527. The first kappa shape index (κ1) is 126. The van der Waals surface area contributed by atoms with Crippen LogP contribution in [0.5, 0.6) is 0 Å². The first-order chi connectivity index (χ1) is 12.3. The SMILES string of the molecule is CB(C)N(C)C.CC.CC.CC.CC.CCC.CCC.CCC.CCC.[Ar].[Ar].[Ar].[Ar].[Ar].[Ar].[Ar].[Ar].[Ar].[Ar]. The van der Waals surface area contributed by atoms with Crippen molar-refractivity contribution in [2.45, 2.75) is 150 Å². The van der Waals surface area contributed by atoms with E-state index >= 15 is 0 Å². The summed E-state index contributed by atoms with van der Waals surface area (Å²) in [5.74, 6) is 0. The van der Waals surface area contributed by atoms with Crippen LogP contribution in [0, 0.1) is 377 Å². The van der Waals surface area contributed by atoms with Crippen molar-refractivity contribution in [3.05, 3.63) is 0 Å². The molecule has 1 nitrogen and oxygen atoms in total. The summed E-state index contributed by atoms with van der Waals surface area (Å²) < 4.78 is 0. The van der Waals surface area contributed by atoms with E-state index in [9.17, 15) is 0 Å². The Morgan fingerprint density at radius 2 is 0.361 bits per heavy atom. The average Bonchev–Trinajstić information content (AvgIpc) is 2.64. The van der Waals surface area contributed by atoms with Crippen molar-refractivity contribution in [2.75, 3.05) is 14.1 Å². The first-order valence-corrected chi connectivity index (χ1v) is 12.0. The van der Waals surface area contributed by atoms with Crippen LogP contribution in [-0.4, -0.2) is 25.8 Å². The number of rotatable bonds is 1. The quantitative estimate of drug-likeness (QED) is 0.240. The maximum absolute atomic E-state index is 2.17. The van der Waals surface area contributed by atoms with E-state index in [0.717, 1.165) is 0 Å². The van der Waals surface area contributed by atoms with E-state index in [0.29, 0.717) is 6.85 Å². The number of hydrogen-bond donors (Lipinski definition) is 0. The summed E-state index contributed by atoms with van der Waals surface area (Å²) in [7, 11) is 4.15. The molecular weight excluding hydrogens is 713 g/mol. The maximum atomic E-state index is 2.17. The molecule has 0 bridgehead atoms. The molecule has 0 aromatic rings. The summed E-state index contributed by atoms with van der Waals surface area (Å²) in [6.45, 7) is 38.0. The van der Waals surface area contributed by atoms with Gasteiger partial charge < -0.3 is 4.81 Å². The van der Waals surface area contributed by atoms with Crippen LogP contribution in [-0.2, 0) is 0 Å². The number of hydrogen-bond acceptors (Lipinski definition) is 1. The Labute approximate surface area is 537 Å². The molecule has 36 heavy (non-hydrogen) atoms. The van der Waals surface area contributed by atoms with Crippen LogP contribution in [0.1, 0.15) is 136 Å². The van der Waals surface area contributed by atoms with E-state index in [-0.39, 0.29) is 377 Å². The second-order valence-corrected chi connectivity index (χ2v) is 4.89. The van der Waals surface area contributed by atoms with Crippen LogP contribution in [0.4, 0.5) is 0 Å². The summed E-state index contributed by atoms with van der Waals surface area (Å²) in [5.41, 5.74) is 0. The van der Waals surface area contributed by atoms with E-state index < -0.39 is 0 Å². The summed E-state index contributed by atoms with van der Waals surface area (Å²) >= 11 is 0. The molecule has 0 unspecified atom stereocenters. The van der Waals surface area contributed by atoms with Crippen molar-refractivity contribution in [1.82, 2.24) is 4.81 Å². The molecule has 0 heterocycles. The molecule has 12 heteroatoms. The van der Waals surface area contributed by atoms with Gasteiger partial charge in [0.1, 0.15) is 0 Å². The molecule has 0 saturated heterocycles. The zero-order chi connectivity index (χ0) is 24.0. The van der Waals surface area contributed by atoms with Crippen LogP contribution in [0.2, 0.25) is 13.6 Å². The third-order valence-electron chi connectivity index (χ3n) is 1.03. The van der Waals surface area contributed by atoms with Crippen molar-refractivity contribution < 1.29 is 377 Å². The second-order valence-electron chi connectivity index (χ2n) is 4.89. The van der Waals surface area contributed by atoms with Gasteiger partial charge in [-0.2, -0.15) is 0 Å². The van der Waals surface area contributed by atoms with Crippen LogP contribution < -0.4 is 0 Å². The van der Waals surface area contributed by atoms with Gasteiger partial charge in [0, 0.05) is 377 Å². The van der Waals surface area contributed by atoms with E-state index in [1.807, 2.05) is 55.4 Å². The van der Waals surface area contributed by atoms with Gasteiger partial charge in [0.15, 0.2) is 0 Å². The second kappa shape index (κ2) is 202. The zero-order valence-electron chi connectivity index (χ0n) is 27.4. The first-order valence-electron chi connectivity index (χ1n) is 12.0. The number of nitrogens with zero attached hydrogens (tertiary/aromatic N) is 1. The van der Waals surface area contributed by atoms with E-state index in [1.165, 1.54) is 25.7 Å². The van der Waals surface area contributed by atoms with Crippen molar-refractivity contribution in [3.63, 3.8) is 0 Å². The molecule has 0 fully saturated rings. The molecule has 0 aliphatic heterocycles. The minimum Gasteiger partial charge on any atom is -0.348 e. The molecular formula is C24H68Ar10BN. The molecule has 0 aromatic heterocycles. The molecule has 0 radical (unpaired) electrons. The van der Waals surface area contributed by atoms with E-state index in [4.69, 9.17) is 0 Å². The molecule has 0 N–H and O–H groups in total. The molecule has 0 aliphatic carbocycles.